The number of benzene rings is 2. The normalized spacial score (nSPS) is 12.6. The molecule has 0 aromatic heterocycles. The number of aryl methyl sites for hydroxylation is 2. The van der Waals surface area contributed by atoms with Gasteiger partial charge in [-0.2, -0.15) is 0 Å². The lowest BCUT2D eigenvalue weighted by Crippen LogP contribution is -2.24. The Labute approximate surface area is 128 Å². The van der Waals surface area contributed by atoms with E-state index >= 15 is 0 Å². The first-order valence-corrected chi connectivity index (χ1v) is 7.59. The molecule has 21 heavy (non-hydrogen) atoms. The van der Waals surface area contributed by atoms with Gasteiger partial charge in [0.05, 0.1) is 6.10 Å². The molecule has 0 aliphatic heterocycles. The number of likely N-dealkylation sites (N-methyl/N-ethyl adjacent to an activating group) is 1. The van der Waals surface area contributed by atoms with E-state index in [0.717, 1.165) is 18.5 Å². The zero-order chi connectivity index (χ0) is 15.2. The van der Waals surface area contributed by atoms with Gasteiger partial charge in [-0.15, -0.1) is 0 Å². The standard InChI is InChI=1S/C19H25NO/c1-4-16-8-10-18(11-9-16)19(21)14-20(3)13-17-7-5-6-15(2)12-17/h5-12,19,21H,4,13-14H2,1-3H3. The lowest BCUT2D eigenvalue weighted by molar-refractivity contribution is 0.124. The van der Waals surface area contributed by atoms with E-state index in [1.807, 2.05) is 19.2 Å². The Kier molecular flexibility index (Phi) is 5.54. The predicted octanol–water partition coefficient (Wildman–Crippen LogP) is 3.72. The van der Waals surface area contributed by atoms with Crippen molar-refractivity contribution in [3.05, 3.63) is 70.8 Å². The van der Waals surface area contributed by atoms with Gasteiger partial charge in [0.1, 0.15) is 0 Å². The second-order valence-electron chi connectivity index (χ2n) is 5.80. The number of hydrogen-bond donors (Lipinski definition) is 1. The molecule has 0 saturated carbocycles. The molecule has 0 saturated heterocycles. The fourth-order valence-electron chi connectivity index (χ4n) is 2.56. The fourth-order valence-corrected chi connectivity index (χ4v) is 2.56. The predicted molar refractivity (Wildman–Crippen MR) is 88.3 cm³/mol. The van der Waals surface area contributed by atoms with Gasteiger partial charge in [0.25, 0.3) is 0 Å². The molecule has 0 amide bonds. The number of aliphatic hydroxyl groups excluding tert-OH is 1. The molecule has 0 spiro atoms. The number of hydrogen-bond acceptors (Lipinski definition) is 2. The molecule has 2 heteroatoms. The van der Waals surface area contributed by atoms with Gasteiger partial charge in [-0.05, 0) is 37.1 Å². The summed E-state index contributed by atoms with van der Waals surface area (Å²) in [5.41, 5.74) is 4.85. The average molecular weight is 283 g/mol. The van der Waals surface area contributed by atoms with Crippen molar-refractivity contribution in [1.82, 2.24) is 4.90 Å². The lowest BCUT2D eigenvalue weighted by atomic mass is 10.1. The Hall–Kier alpha value is -1.64. The van der Waals surface area contributed by atoms with Crippen LogP contribution >= 0.6 is 0 Å². The van der Waals surface area contributed by atoms with Gasteiger partial charge in [0.15, 0.2) is 0 Å². The Bertz CT molecular complexity index is 562. The SMILES string of the molecule is CCc1ccc(C(O)CN(C)Cc2cccc(C)c2)cc1. The largest absolute Gasteiger partial charge is 0.387 e. The Morgan fingerprint density at radius 3 is 2.38 bits per heavy atom. The van der Waals surface area contributed by atoms with Crippen LogP contribution in [0.4, 0.5) is 0 Å². The minimum absolute atomic E-state index is 0.439. The second kappa shape index (κ2) is 7.39. The maximum absolute atomic E-state index is 10.3. The summed E-state index contributed by atoms with van der Waals surface area (Å²) in [6, 6.07) is 16.8. The maximum atomic E-state index is 10.3. The molecule has 0 bridgehead atoms. The highest BCUT2D eigenvalue weighted by Crippen LogP contribution is 2.16. The van der Waals surface area contributed by atoms with Crippen LogP contribution in [-0.4, -0.2) is 23.6 Å². The molecule has 2 rings (SSSR count). The van der Waals surface area contributed by atoms with Gasteiger partial charge >= 0.3 is 0 Å². The lowest BCUT2D eigenvalue weighted by Gasteiger charge is -2.21. The van der Waals surface area contributed by atoms with Crippen LogP contribution in [0.1, 0.15) is 35.3 Å². The van der Waals surface area contributed by atoms with Crippen molar-refractivity contribution in [1.29, 1.82) is 0 Å². The highest BCUT2D eigenvalue weighted by molar-refractivity contribution is 5.25. The van der Waals surface area contributed by atoms with Crippen LogP contribution < -0.4 is 0 Å². The summed E-state index contributed by atoms with van der Waals surface area (Å²) in [5.74, 6) is 0. The molecule has 1 unspecified atom stereocenters. The molecule has 0 aliphatic rings. The maximum Gasteiger partial charge on any atom is 0.0916 e. The highest BCUT2D eigenvalue weighted by atomic mass is 16.3. The summed E-state index contributed by atoms with van der Waals surface area (Å²) in [4.78, 5) is 2.16. The van der Waals surface area contributed by atoms with Gasteiger partial charge in [-0.25, -0.2) is 0 Å². The van der Waals surface area contributed by atoms with Gasteiger partial charge < -0.3 is 5.11 Å². The minimum atomic E-state index is -0.439. The summed E-state index contributed by atoms with van der Waals surface area (Å²) in [6.45, 7) is 5.74. The molecule has 112 valence electrons. The van der Waals surface area contributed by atoms with Crippen molar-refractivity contribution in [2.24, 2.45) is 0 Å². The molecule has 1 atom stereocenters. The molecule has 0 heterocycles. The molecule has 1 N–H and O–H groups in total. The van der Waals surface area contributed by atoms with E-state index in [0.29, 0.717) is 6.54 Å². The van der Waals surface area contributed by atoms with Crippen LogP contribution in [0.25, 0.3) is 0 Å². The third kappa shape index (κ3) is 4.69. The zero-order valence-electron chi connectivity index (χ0n) is 13.2. The van der Waals surface area contributed by atoms with Crippen LogP contribution in [-0.2, 0) is 13.0 Å². The first-order chi connectivity index (χ1) is 10.1. The summed E-state index contributed by atoms with van der Waals surface area (Å²) in [7, 11) is 2.05. The molecule has 0 fully saturated rings. The molecular weight excluding hydrogens is 258 g/mol. The van der Waals surface area contributed by atoms with E-state index in [1.165, 1.54) is 16.7 Å². The van der Waals surface area contributed by atoms with Crippen LogP contribution in [0.5, 0.6) is 0 Å². The van der Waals surface area contributed by atoms with E-state index in [1.54, 1.807) is 0 Å². The number of nitrogens with zero attached hydrogens (tertiary/aromatic N) is 1. The van der Waals surface area contributed by atoms with E-state index < -0.39 is 6.10 Å². The summed E-state index contributed by atoms with van der Waals surface area (Å²) in [6.07, 6.45) is 0.592. The second-order valence-corrected chi connectivity index (χ2v) is 5.80. The van der Waals surface area contributed by atoms with Crippen molar-refractivity contribution < 1.29 is 5.11 Å². The summed E-state index contributed by atoms with van der Waals surface area (Å²) >= 11 is 0. The van der Waals surface area contributed by atoms with Crippen LogP contribution in [0.2, 0.25) is 0 Å². The zero-order valence-corrected chi connectivity index (χ0v) is 13.2. The van der Waals surface area contributed by atoms with Crippen molar-refractivity contribution >= 4 is 0 Å². The Morgan fingerprint density at radius 1 is 1.05 bits per heavy atom. The number of aliphatic hydroxyl groups is 1. The van der Waals surface area contributed by atoms with Crippen LogP contribution in [0.3, 0.4) is 0 Å². The van der Waals surface area contributed by atoms with Crippen molar-refractivity contribution in [3.63, 3.8) is 0 Å². The molecular formula is C19H25NO. The highest BCUT2D eigenvalue weighted by Gasteiger charge is 2.11. The fraction of sp³-hybridized carbons (Fsp3) is 0.368. The third-order valence-corrected chi connectivity index (χ3v) is 3.79. The quantitative estimate of drug-likeness (QED) is 0.873. The van der Waals surface area contributed by atoms with Gasteiger partial charge in [-0.1, -0.05) is 61.0 Å². The summed E-state index contributed by atoms with van der Waals surface area (Å²) in [5, 5.41) is 10.3. The van der Waals surface area contributed by atoms with Crippen LogP contribution in [0.15, 0.2) is 48.5 Å². The molecule has 2 nitrogen and oxygen atoms in total. The third-order valence-electron chi connectivity index (χ3n) is 3.79. The van der Waals surface area contributed by atoms with E-state index in [9.17, 15) is 5.11 Å². The Morgan fingerprint density at radius 2 is 1.76 bits per heavy atom. The Balaban J connectivity index is 1.93. The first-order valence-electron chi connectivity index (χ1n) is 7.59. The van der Waals surface area contributed by atoms with Crippen molar-refractivity contribution in [2.75, 3.05) is 13.6 Å². The minimum Gasteiger partial charge on any atom is -0.387 e. The number of rotatable bonds is 6. The monoisotopic (exact) mass is 283 g/mol. The van der Waals surface area contributed by atoms with Gasteiger partial charge in [-0.3, -0.25) is 4.90 Å². The first kappa shape index (κ1) is 15.7. The van der Waals surface area contributed by atoms with Crippen molar-refractivity contribution in [3.8, 4) is 0 Å². The van der Waals surface area contributed by atoms with E-state index in [2.05, 4.69) is 55.1 Å². The van der Waals surface area contributed by atoms with Crippen LogP contribution in [0, 0.1) is 6.92 Å². The molecule has 2 aromatic carbocycles. The molecule has 2 aromatic rings. The average Bonchev–Trinajstić information content (AvgIpc) is 2.47. The van der Waals surface area contributed by atoms with E-state index in [-0.39, 0.29) is 0 Å². The smallest absolute Gasteiger partial charge is 0.0916 e. The topological polar surface area (TPSA) is 23.5 Å². The molecule has 0 radical (unpaired) electrons. The van der Waals surface area contributed by atoms with Crippen molar-refractivity contribution in [2.45, 2.75) is 32.9 Å². The molecule has 0 aliphatic carbocycles. The van der Waals surface area contributed by atoms with Gasteiger partial charge in [0.2, 0.25) is 0 Å². The van der Waals surface area contributed by atoms with E-state index in [4.69, 9.17) is 0 Å². The summed E-state index contributed by atoms with van der Waals surface area (Å²) < 4.78 is 0. The van der Waals surface area contributed by atoms with Gasteiger partial charge in [0, 0.05) is 13.1 Å².